The Bertz CT molecular complexity index is 466. The van der Waals surface area contributed by atoms with Crippen molar-refractivity contribution in [3.8, 4) is 12.3 Å². The van der Waals surface area contributed by atoms with E-state index in [0.717, 1.165) is 0 Å². The molecule has 1 rings (SSSR count). The lowest BCUT2D eigenvalue weighted by Crippen LogP contribution is -2.28. The molecule has 1 aromatic rings. The Kier molecular flexibility index (Phi) is 3.35. The Labute approximate surface area is 98.0 Å². The maximum atomic E-state index is 10.6. The van der Waals surface area contributed by atoms with E-state index in [1.807, 2.05) is 0 Å². The molecular formula is C10H10ClN3O2. The van der Waals surface area contributed by atoms with E-state index in [4.69, 9.17) is 18.0 Å². The van der Waals surface area contributed by atoms with E-state index in [0.29, 0.717) is 0 Å². The van der Waals surface area contributed by atoms with Gasteiger partial charge in [0.05, 0.1) is 22.6 Å². The number of rotatable bonds is 3. The molecule has 1 heterocycles. The van der Waals surface area contributed by atoms with Crippen molar-refractivity contribution in [2.24, 2.45) is 0 Å². The molecule has 0 spiro atoms. The SMILES string of the molecule is C#CC(C)(C)Nc1cc([N+](=O)[O-])cc(Cl)n1. The van der Waals surface area contributed by atoms with Gasteiger partial charge < -0.3 is 5.32 Å². The highest BCUT2D eigenvalue weighted by molar-refractivity contribution is 6.29. The smallest absolute Gasteiger partial charge is 0.276 e. The molecule has 5 nitrogen and oxygen atoms in total. The summed E-state index contributed by atoms with van der Waals surface area (Å²) in [5.74, 6) is 2.77. The standard InChI is InChI=1S/C10H10ClN3O2/c1-4-10(2,3)13-9-6-7(14(15)16)5-8(11)12-9/h1,5-6H,2-3H3,(H,12,13). The highest BCUT2D eigenvalue weighted by Gasteiger charge is 2.17. The van der Waals surface area contributed by atoms with Gasteiger partial charge in [0.15, 0.2) is 0 Å². The van der Waals surface area contributed by atoms with Crippen LogP contribution in [-0.2, 0) is 0 Å². The number of pyridine rings is 1. The minimum absolute atomic E-state index is 0.0459. The maximum Gasteiger partial charge on any atom is 0.276 e. The van der Waals surface area contributed by atoms with Crippen LogP contribution in [0.3, 0.4) is 0 Å². The number of anilines is 1. The van der Waals surface area contributed by atoms with Crippen molar-refractivity contribution in [1.82, 2.24) is 4.98 Å². The lowest BCUT2D eigenvalue weighted by atomic mass is 10.1. The van der Waals surface area contributed by atoms with E-state index < -0.39 is 10.5 Å². The molecule has 0 aromatic carbocycles. The third kappa shape index (κ3) is 3.11. The first-order chi connectivity index (χ1) is 7.34. The monoisotopic (exact) mass is 239 g/mol. The highest BCUT2D eigenvalue weighted by Crippen LogP contribution is 2.22. The summed E-state index contributed by atoms with van der Waals surface area (Å²) in [4.78, 5) is 14.0. The Hall–Kier alpha value is -1.80. The van der Waals surface area contributed by atoms with Gasteiger partial charge in [-0.2, -0.15) is 0 Å². The van der Waals surface area contributed by atoms with Gasteiger partial charge in [-0.1, -0.05) is 17.5 Å². The van der Waals surface area contributed by atoms with Gasteiger partial charge in [-0.15, -0.1) is 6.42 Å². The number of hydrogen-bond acceptors (Lipinski definition) is 4. The van der Waals surface area contributed by atoms with Gasteiger partial charge in [-0.05, 0) is 13.8 Å². The summed E-state index contributed by atoms with van der Waals surface area (Å²) in [6.07, 6.45) is 5.28. The van der Waals surface area contributed by atoms with Crippen LogP contribution in [0.25, 0.3) is 0 Å². The Balaban J connectivity index is 3.07. The predicted octanol–water partition coefficient (Wildman–Crippen LogP) is 2.47. The van der Waals surface area contributed by atoms with Crippen LogP contribution in [0.1, 0.15) is 13.8 Å². The maximum absolute atomic E-state index is 10.6. The fraction of sp³-hybridized carbons (Fsp3) is 0.300. The molecule has 0 fully saturated rings. The molecule has 0 unspecified atom stereocenters. The number of nitro groups is 1. The predicted molar refractivity (Wildman–Crippen MR) is 62.4 cm³/mol. The van der Waals surface area contributed by atoms with Crippen LogP contribution in [0.5, 0.6) is 0 Å². The van der Waals surface area contributed by atoms with Crippen molar-refractivity contribution < 1.29 is 4.92 Å². The van der Waals surface area contributed by atoms with Crippen molar-refractivity contribution in [3.63, 3.8) is 0 Å². The van der Waals surface area contributed by atoms with Crippen molar-refractivity contribution in [3.05, 3.63) is 27.4 Å². The summed E-state index contributed by atoms with van der Waals surface area (Å²) < 4.78 is 0. The molecule has 6 heteroatoms. The van der Waals surface area contributed by atoms with Crippen molar-refractivity contribution >= 4 is 23.1 Å². The molecule has 1 aromatic heterocycles. The zero-order valence-corrected chi connectivity index (χ0v) is 9.58. The molecular weight excluding hydrogens is 230 g/mol. The minimum atomic E-state index is -0.647. The molecule has 0 saturated heterocycles. The van der Waals surface area contributed by atoms with Gasteiger partial charge in [0.2, 0.25) is 0 Å². The van der Waals surface area contributed by atoms with E-state index in [1.54, 1.807) is 13.8 Å². The topological polar surface area (TPSA) is 68.1 Å². The summed E-state index contributed by atoms with van der Waals surface area (Å²) in [6.45, 7) is 3.50. The minimum Gasteiger partial charge on any atom is -0.354 e. The summed E-state index contributed by atoms with van der Waals surface area (Å²) in [7, 11) is 0. The van der Waals surface area contributed by atoms with Gasteiger partial charge in [-0.3, -0.25) is 10.1 Å². The Morgan fingerprint density at radius 1 is 1.62 bits per heavy atom. The van der Waals surface area contributed by atoms with Crippen LogP contribution in [-0.4, -0.2) is 15.4 Å². The van der Waals surface area contributed by atoms with Crippen LogP contribution in [0.4, 0.5) is 11.5 Å². The quantitative estimate of drug-likeness (QED) is 0.381. The van der Waals surface area contributed by atoms with Gasteiger partial charge in [0, 0.05) is 0 Å². The third-order valence-electron chi connectivity index (χ3n) is 1.79. The summed E-state index contributed by atoms with van der Waals surface area (Å²) in [6, 6.07) is 2.46. The number of aromatic nitrogens is 1. The first-order valence-corrected chi connectivity index (χ1v) is 4.80. The normalized spacial score (nSPS) is 10.6. The molecule has 0 bridgehead atoms. The molecule has 0 radical (unpaired) electrons. The highest BCUT2D eigenvalue weighted by atomic mass is 35.5. The van der Waals surface area contributed by atoms with Gasteiger partial charge >= 0.3 is 0 Å². The Morgan fingerprint density at radius 2 is 2.25 bits per heavy atom. The van der Waals surface area contributed by atoms with Crippen LogP contribution >= 0.6 is 11.6 Å². The first kappa shape index (κ1) is 12.3. The Morgan fingerprint density at radius 3 is 2.75 bits per heavy atom. The second-order valence-corrected chi connectivity index (χ2v) is 4.07. The lowest BCUT2D eigenvalue weighted by molar-refractivity contribution is -0.384. The number of nitrogens with one attached hydrogen (secondary N) is 1. The average molecular weight is 240 g/mol. The zero-order valence-electron chi connectivity index (χ0n) is 8.82. The lowest BCUT2D eigenvalue weighted by Gasteiger charge is -2.20. The molecule has 16 heavy (non-hydrogen) atoms. The molecule has 0 aliphatic carbocycles. The van der Waals surface area contributed by atoms with Crippen LogP contribution in [0, 0.1) is 22.5 Å². The average Bonchev–Trinajstić information content (AvgIpc) is 2.16. The van der Waals surface area contributed by atoms with Gasteiger partial charge in [0.25, 0.3) is 5.69 Å². The number of nitrogens with zero attached hydrogens (tertiary/aromatic N) is 2. The van der Waals surface area contributed by atoms with Gasteiger partial charge in [-0.25, -0.2) is 4.98 Å². The van der Waals surface area contributed by atoms with Crippen LogP contribution in [0.15, 0.2) is 12.1 Å². The van der Waals surface area contributed by atoms with E-state index in [1.165, 1.54) is 12.1 Å². The van der Waals surface area contributed by atoms with Crippen molar-refractivity contribution in [2.45, 2.75) is 19.4 Å². The molecule has 84 valence electrons. The van der Waals surface area contributed by atoms with E-state index in [2.05, 4.69) is 16.2 Å². The van der Waals surface area contributed by atoms with E-state index in [-0.39, 0.29) is 16.7 Å². The number of halogens is 1. The molecule has 0 saturated carbocycles. The largest absolute Gasteiger partial charge is 0.354 e. The molecule has 0 amide bonds. The number of hydrogen-bond donors (Lipinski definition) is 1. The molecule has 0 atom stereocenters. The molecule has 0 aliphatic rings. The molecule has 1 N–H and O–H groups in total. The third-order valence-corrected chi connectivity index (χ3v) is 1.98. The van der Waals surface area contributed by atoms with E-state index >= 15 is 0 Å². The number of terminal acetylenes is 1. The summed E-state index contributed by atoms with van der Waals surface area (Å²) in [5.41, 5.74) is -0.777. The fourth-order valence-electron chi connectivity index (χ4n) is 1.01. The van der Waals surface area contributed by atoms with Crippen molar-refractivity contribution in [2.75, 3.05) is 5.32 Å². The van der Waals surface area contributed by atoms with Gasteiger partial charge in [0.1, 0.15) is 11.0 Å². The molecule has 0 aliphatic heterocycles. The summed E-state index contributed by atoms with van der Waals surface area (Å²) >= 11 is 5.66. The summed E-state index contributed by atoms with van der Waals surface area (Å²) in [5, 5.41) is 13.5. The second kappa shape index (κ2) is 4.37. The second-order valence-electron chi connectivity index (χ2n) is 3.68. The fourth-order valence-corrected chi connectivity index (χ4v) is 1.21. The van der Waals surface area contributed by atoms with Crippen LogP contribution in [0.2, 0.25) is 5.15 Å². The van der Waals surface area contributed by atoms with Crippen LogP contribution < -0.4 is 5.32 Å². The van der Waals surface area contributed by atoms with Crippen molar-refractivity contribution in [1.29, 1.82) is 0 Å². The zero-order chi connectivity index (χ0) is 12.3. The van der Waals surface area contributed by atoms with E-state index in [9.17, 15) is 10.1 Å². The first-order valence-electron chi connectivity index (χ1n) is 4.42.